The van der Waals surface area contributed by atoms with Gasteiger partial charge in [0, 0.05) is 10.6 Å². The van der Waals surface area contributed by atoms with Crippen LogP contribution in [0.2, 0.25) is 5.02 Å². The van der Waals surface area contributed by atoms with Crippen molar-refractivity contribution in [1.82, 2.24) is 0 Å². The lowest BCUT2D eigenvalue weighted by Crippen LogP contribution is -3.28. The molecule has 8 heteroatoms. The van der Waals surface area contributed by atoms with Gasteiger partial charge in [-0.25, -0.2) is 0 Å². The SMILES string of the molecule is N#Cc1ccc(Cl)cc1NC(=O)C[NH+]1CC[NH+](Cc2ccc3c(c2)OCO3)CC1. The van der Waals surface area contributed by atoms with Gasteiger partial charge >= 0.3 is 0 Å². The predicted molar refractivity (Wildman–Crippen MR) is 107 cm³/mol. The predicted octanol–water partition coefficient (Wildman–Crippen LogP) is -0.138. The normalized spacial score (nSPS) is 20.1. The monoisotopic (exact) mass is 414 g/mol. The first kappa shape index (κ1) is 19.5. The van der Waals surface area contributed by atoms with E-state index in [4.69, 9.17) is 21.1 Å². The molecule has 2 aliphatic rings. The Morgan fingerprint density at radius 3 is 2.62 bits per heavy atom. The van der Waals surface area contributed by atoms with Crippen molar-refractivity contribution in [3.8, 4) is 17.6 Å². The lowest BCUT2D eigenvalue weighted by molar-refractivity contribution is -1.02. The van der Waals surface area contributed by atoms with Gasteiger partial charge in [-0.1, -0.05) is 11.6 Å². The molecule has 0 aliphatic carbocycles. The highest BCUT2D eigenvalue weighted by molar-refractivity contribution is 6.31. The van der Waals surface area contributed by atoms with Gasteiger partial charge in [0.05, 0.1) is 11.3 Å². The van der Waals surface area contributed by atoms with Gasteiger partial charge in [0.2, 0.25) is 6.79 Å². The van der Waals surface area contributed by atoms with Crippen molar-refractivity contribution in [2.45, 2.75) is 6.54 Å². The number of quaternary nitrogens is 2. The van der Waals surface area contributed by atoms with Crippen molar-refractivity contribution in [3.63, 3.8) is 0 Å². The number of carbonyl (C=O) groups is 1. The zero-order valence-corrected chi connectivity index (χ0v) is 16.7. The number of benzene rings is 2. The van der Waals surface area contributed by atoms with Crippen LogP contribution >= 0.6 is 11.6 Å². The van der Waals surface area contributed by atoms with E-state index < -0.39 is 0 Å². The van der Waals surface area contributed by atoms with E-state index in [1.165, 1.54) is 15.4 Å². The van der Waals surface area contributed by atoms with Crippen LogP contribution in [0.15, 0.2) is 36.4 Å². The number of piperazine rings is 1. The Morgan fingerprint density at radius 2 is 1.83 bits per heavy atom. The zero-order chi connectivity index (χ0) is 20.2. The van der Waals surface area contributed by atoms with Gasteiger partial charge in [-0.05, 0) is 36.4 Å². The third-order valence-corrected chi connectivity index (χ3v) is 5.58. The molecule has 0 aromatic heterocycles. The fourth-order valence-corrected chi connectivity index (χ4v) is 3.96. The second-order valence-electron chi connectivity index (χ2n) is 7.39. The van der Waals surface area contributed by atoms with Gasteiger partial charge in [-0.15, -0.1) is 0 Å². The van der Waals surface area contributed by atoms with Gasteiger partial charge < -0.3 is 24.6 Å². The highest BCUT2D eigenvalue weighted by Crippen LogP contribution is 2.32. The van der Waals surface area contributed by atoms with Crippen molar-refractivity contribution < 1.29 is 24.1 Å². The first-order valence-electron chi connectivity index (χ1n) is 9.66. The van der Waals surface area contributed by atoms with Crippen LogP contribution in [0.4, 0.5) is 5.69 Å². The van der Waals surface area contributed by atoms with Gasteiger partial charge in [0.25, 0.3) is 5.91 Å². The molecule has 0 bridgehead atoms. The van der Waals surface area contributed by atoms with Gasteiger partial charge in [-0.3, -0.25) is 4.79 Å². The molecule has 29 heavy (non-hydrogen) atoms. The van der Waals surface area contributed by atoms with E-state index in [9.17, 15) is 10.1 Å². The Morgan fingerprint density at radius 1 is 1.07 bits per heavy atom. The van der Waals surface area contributed by atoms with E-state index in [0.29, 0.717) is 29.6 Å². The fourth-order valence-electron chi connectivity index (χ4n) is 3.79. The first-order valence-corrected chi connectivity index (χ1v) is 10.0. The number of nitriles is 1. The number of hydrogen-bond acceptors (Lipinski definition) is 4. The van der Waals surface area contributed by atoms with Crippen LogP contribution in [0.3, 0.4) is 0 Å². The molecule has 1 saturated heterocycles. The number of halogens is 1. The number of amides is 1. The summed E-state index contributed by atoms with van der Waals surface area (Å²) in [6.45, 7) is 5.46. The zero-order valence-electron chi connectivity index (χ0n) is 16.0. The van der Waals surface area contributed by atoms with Crippen molar-refractivity contribution in [1.29, 1.82) is 5.26 Å². The number of nitrogens with zero attached hydrogens (tertiary/aromatic N) is 1. The number of carbonyl (C=O) groups excluding carboxylic acids is 1. The number of hydrogen-bond donors (Lipinski definition) is 3. The second-order valence-corrected chi connectivity index (χ2v) is 7.83. The van der Waals surface area contributed by atoms with Crippen LogP contribution in [0.25, 0.3) is 0 Å². The minimum atomic E-state index is -0.0991. The number of nitrogens with one attached hydrogen (secondary N) is 3. The molecule has 7 nitrogen and oxygen atoms in total. The summed E-state index contributed by atoms with van der Waals surface area (Å²) in [5, 5.41) is 12.5. The minimum Gasteiger partial charge on any atom is -0.454 e. The van der Waals surface area contributed by atoms with Gasteiger partial charge in [0.15, 0.2) is 18.0 Å². The van der Waals surface area contributed by atoms with Crippen molar-refractivity contribution >= 4 is 23.2 Å². The van der Waals surface area contributed by atoms with E-state index >= 15 is 0 Å². The number of rotatable bonds is 5. The number of ether oxygens (including phenoxy) is 2. The molecule has 0 saturated carbocycles. The molecule has 0 spiro atoms. The molecule has 2 aliphatic heterocycles. The maximum absolute atomic E-state index is 12.4. The highest BCUT2D eigenvalue weighted by atomic mass is 35.5. The Balaban J connectivity index is 1.26. The van der Waals surface area contributed by atoms with Crippen molar-refractivity contribution in [3.05, 3.63) is 52.5 Å². The topological polar surface area (TPSA) is 80.2 Å². The summed E-state index contributed by atoms with van der Waals surface area (Å²) in [4.78, 5) is 15.2. The average molecular weight is 415 g/mol. The van der Waals surface area contributed by atoms with E-state index in [0.717, 1.165) is 44.2 Å². The highest BCUT2D eigenvalue weighted by Gasteiger charge is 2.26. The molecule has 2 heterocycles. The lowest BCUT2D eigenvalue weighted by atomic mass is 10.1. The largest absolute Gasteiger partial charge is 0.454 e. The molecule has 1 fully saturated rings. The number of fused-ring (bicyclic) bond motifs is 1. The summed E-state index contributed by atoms with van der Waals surface area (Å²) in [6.07, 6.45) is 0. The van der Waals surface area contributed by atoms with Crippen LogP contribution in [0.5, 0.6) is 11.5 Å². The molecular weight excluding hydrogens is 392 g/mol. The molecule has 150 valence electrons. The molecule has 0 atom stereocenters. The summed E-state index contributed by atoms with van der Waals surface area (Å²) >= 11 is 5.98. The Labute approximate surface area is 174 Å². The third kappa shape index (κ3) is 4.80. The summed E-state index contributed by atoms with van der Waals surface area (Å²) in [5.74, 6) is 1.53. The van der Waals surface area contributed by atoms with Crippen LogP contribution in [0.1, 0.15) is 11.1 Å². The summed E-state index contributed by atoms with van der Waals surface area (Å²) < 4.78 is 10.8. The molecule has 4 rings (SSSR count). The Hall–Kier alpha value is -2.79. The summed E-state index contributed by atoms with van der Waals surface area (Å²) in [6, 6.07) is 13.1. The maximum Gasteiger partial charge on any atom is 0.279 e. The van der Waals surface area contributed by atoms with Gasteiger partial charge in [-0.2, -0.15) is 5.26 Å². The van der Waals surface area contributed by atoms with Crippen LogP contribution < -0.4 is 24.6 Å². The molecule has 3 N–H and O–H groups in total. The molecule has 0 unspecified atom stereocenters. The van der Waals surface area contributed by atoms with Crippen molar-refractivity contribution in [2.24, 2.45) is 0 Å². The molecule has 2 aromatic rings. The lowest BCUT2D eigenvalue weighted by Gasteiger charge is -2.29. The van der Waals surface area contributed by atoms with E-state index in [1.54, 1.807) is 18.2 Å². The van der Waals surface area contributed by atoms with E-state index in [2.05, 4.69) is 23.5 Å². The van der Waals surface area contributed by atoms with E-state index in [1.807, 2.05) is 6.07 Å². The van der Waals surface area contributed by atoms with Crippen LogP contribution in [-0.4, -0.2) is 45.4 Å². The quantitative estimate of drug-likeness (QED) is 0.636. The summed E-state index contributed by atoms with van der Waals surface area (Å²) in [5.41, 5.74) is 2.11. The van der Waals surface area contributed by atoms with Crippen molar-refractivity contribution in [2.75, 3.05) is 44.8 Å². The molecule has 2 aromatic carbocycles. The molecule has 0 radical (unpaired) electrons. The standard InChI is InChI=1S/C21H21ClN4O3/c22-17-3-2-16(11-23)18(10-17)24-21(27)13-26-7-5-25(6-8-26)12-15-1-4-19-20(9-15)29-14-28-19/h1-4,9-10H,5-8,12-14H2,(H,24,27)/p+2. The molecular formula is C21H23ClN4O3+2. The Bertz CT molecular complexity index is 951. The first-order chi connectivity index (χ1) is 14.1. The van der Waals surface area contributed by atoms with E-state index in [-0.39, 0.29) is 5.91 Å². The second kappa shape index (κ2) is 8.70. The average Bonchev–Trinajstić information content (AvgIpc) is 3.17. The molecule has 1 amide bonds. The number of anilines is 1. The van der Waals surface area contributed by atoms with Crippen LogP contribution in [-0.2, 0) is 11.3 Å². The maximum atomic E-state index is 12.4. The minimum absolute atomic E-state index is 0.0991. The van der Waals surface area contributed by atoms with Gasteiger partial charge in [0.1, 0.15) is 38.8 Å². The fraction of sp³-hybridized carbons (Fsp3) is 0.333. The smallest absolute Gasteiger partial charge is 0.279 e. The Kier molecular flexibility index (Phi) is 5.86. The summed E-state index contributed by atoms with van der Waals surface area (Å²) in [7, 11) is 0. The third-order valence-electron chi connectivity index (χ3n) is 5.34. The van der Waals surface area contributed by atoms with Crippen LogP contribution in [0, 0.1) is 11.3 Å².